The smallest absolute Gasteiger partial charge is 0.0826 e. The fraction of sp³-hybridized carbons (Fsp3) is 0.417. The maximum Gasteiger partial charge on any atom is 0.0826 e. The first-order valence-electron chi connectivity index (χ1n) is 4.84. The second-order valence-electron chi connectivity index (χ2n) is 3.12. The predicted molar refractivity (Wildman–Crippen MR) is 55.4 cm³/mol. The van der Waals surface area contributed by atoms with Gasteiger partial charge in [-0.25, -0.2) is 0 Å². The molecule has 0 heterocycles. The number of ether oxygens (including phenoxy) is 1. The van der Waals surface area contributed by atoms with Gasteiger partial charge < -0.3 is 4.74 Å². The molecule has 0 aliphatic heterocycles. The largest absolute Gasteiger partial charge is 0.374 e. The Labute approximate surface area is 80.7 Å². The summed E-state index contributed by atoms with van der Waals surface area (Å²) >= 11 is 0. The Bertz CT molecular complexity index is 218. The summed E-state index contributed by atoms with van der Waals surface area (Å²) in [6.07, 6.45) is 2.26. The van der Waals surface area contributed by atoms with Crippen LogP contribution in [0.25, 0.3) is 0 Å². The molecule has 0 saturated carbocycles. The van der Waals surface area contributed by atoms with E-state index in [0.717, 1.165) is 18.6 Å². The fourth-order valence-corrected chi connectivity index (χ4v) is 1.13. The van der Waals surface area contributed by atoms with Gasteiger partial charge in [0.05, 0.1) is 6.10 Å². The van der Waals surface area contributed by atoms with Gasteiger partial charge in [-0.2, -0.15) is 0 Å². The van der Waals surface area contributed by atoms with Crippen LogP contribution in [0.5, 0.6) is 0 Å². The first-order valence-corrected chi connectivity index (χ1v) is 4.84. The summed E-state index contributed by atoms with van der Waals surface area (Å²) in [6.45, 7) is 6.92. The molecule has 0 N–H and O–H groups in total. The van der Waals surface area contributed by atoms with E-state index < -0.39 is 0 Å². The van der Waals surface area contributed by atoms with Crippen molar-refractivity contribution in [1.82, 2.24) is 0 Å². The Morgan fingerprint density at radius 3 is 2.62 bits per heavy atom. The first kappa shape index (κ1) is 10.3. The summed E-state index contributed by atoms with van der Waals surface area (Å²) in [4.78, 5) is 0. The number of rotatable bonds is 5. The van der Waals surface area contributed by atoms with E-state index in [0.29, 0.717) is 0 Å². The summed E-state index contributed by atoms with van der Waals surface area (Å²) in [7, 11) is 0. The Morgan fingerprint density at radius 2 is 2.00 bits per heavy atom. The van der Waals surface area contributed by atoms with Gasteiger partial charge in [0.1, 0.15) is 0 Å². The van der Waals surface area contributed by atoms with E-state index in [-0.39, 0.29) is 6.10 Å². The first-order chi connectivity index (χ1) is 6.34. The second kappa shape index (κ2) is 5.76. The molecule has 0 spiro atoms. The highest BCUT2D eigenvalue weighted by atomic mass is 16.5. The van der Waals surface area contributed by atoms with Crippen molar-refractivity contribution in [2.75, 3.05) is 6.61 Å². The zero-order valence-electron chi connectivity index (χ0n) is 8.20. The van der Waals surface area contributed by atoms with Crippen LogP contribution in [0.4, 0.5) is 0 Å². The van der Waals surface area contributed by atoms with E-state index in [1.165, 1.54) is 6.42 Å². The zero-order valence-corrected chi connectivity index (χ0v) is 8.20. The second-order valence-corrected chi connectivity index (χ2v) is 3.12. The molecule has 0 amide bonds. The summed E-state index contributed by atoms with van der Waals surface area (Å²) in [5.41, 5.74) is 1.15. The van der Waals surface area contributed by atoms with Crippen molar-refractivity contribution in [1.29, 1.82) is 0 Å². The zero-order chi connectivity index (χ0) is 9.52. The Balaban J connectivity index is 2.35. The Morgan fingerprint density at radius 1 is 1.31 bits per heavy atom. The van der Waals surface area contributed by atoms with Crippen molar-refractivity contribution in [3.63, 3.8) is 0 Å². The molecule has 1 radical (unpaired) electrons. The van der Waals surface area contributed by atoms with Gasteiger partial charge in [-0.1, -0.05) is 43.7 Å². The van der Waals surface area contributed by atoms with E-state index in [1.54, 1.807) is 0 Å². The molecule has 1 heteroatoms. The molecule has 1 nitrogen and oxygen atoms in total. The van der Waals surface area contributed by atoms with Crippen molar-refractivity contribution in [3.8, 4) is 0 Å². The van der Waals surface area contributed by atoms with Crippen LogP contribution in [0, 0.1) is 6.92 Å². The lowest BCUT2D eigenvalue weighted by molar-refractivity contribution is 0.0811. The Kier molecular flexibility index (Phi) is 4.55. The number of unbranched alkanes of at least 4 members (excludes halogenated alkanes) is 1. The molecule has 0 saturated heterocycles. The van der Waals surface area contributed by atoms with Crippen LogP contribution in [0.3, 0.4) is 0 Å². The van der Waals surface area contributed by atoms with E-state index in [1.807, 2.05) is 30.3 Å². The average Bonchev–Trinajstić information content (AvgIpc) is 2.19. The van der Waals surface area contributed by atoms with Gasteiger partial charge in [0, 0.05) is 6.61 Å². The van der Waals surface area contributed by atoms with Gasteiger partial charge in [-0.15, -0.1) is 0 Å². The van der Waals surface area contributed by atoms with Crippen LogP contribution in [0.1, 0.15) is 31.4 Å². The topological polar surface area (TPSA) is 9.23 Å². The molecule has 1 unspecified atom stereocenters. The lowest BCUT2D eigenvalue weighted by Gasteiger charge is -2.12. The summed E-state index contributed by atoms with van der Waals surface area (Å²) in [6, 6.07) is 10.1. The minimum Gasteiger partial charge on any atom is -0.374 e. The Hall–Kier alpha value is -0.820. The van der Waals surface area contributed by atoms with Gasteiger partial charge >= 0.3 is 0 Å². The predicted octanol–water partition coefficient (Wildman–Crippen LogP) is 3.38. The lowest BCUT2D eigenvalue weighted by Crippen LogP contribution is -2.01. The fourth-order valence-electron chi connectivity index (χ4n) is 1.13. The quantitative estimate of drug-likeness (QED) is 0.626. The molecule has 0 aromatic heterocycles. The van der Waals surface area contributed by atoms with E-state index >= 15 is 0 Å². The molecular formula is C12H17O. The molecule has 0 aliphatic rings. The number of hydrogen-bond acceptors (Lipinski definition) is 1. The van der Waals surface area contributed by atoms with Gasteiger partial charge in [-0.05, 0) is 18.9 Å². The molecule has 0 aliphatic carbocycles. The van der Waals surface area contributed by atoms with Crippen molar-refractivity contribution in [2.45, 2.75) is 25.9 Å². The van der Waals surface area contributed by atoms with E-state index in [9.17, 15) is 0 Å². The molecule has 1 rings (SSSR count). The number of benzene rings is 1. The van der Waals surface area contributed by atoms with Crippen LogP contribution in [-0.2, 0) is 4.74 Å². The van der Waals surface area contributed by atoms with Crippen LogP contribution < -0.4 is 0 Å². The van der Waals surface area contributed by atoms with Gasteiger partial charge in [0.15, 0.2) is 0 Å². The van der Waals surface area contributed by atoms with Crippen LogP contribution in [0.2, 0.25) is 0 Å². The van der Waals surface area contributed by atoms with Crippen molar-refractivity contribution in [3.05, 3.63) is 42.8 Å². The van der Waals surface area contributed by atoms with E-state index in [4.69, 9.17) is 4.74 Å². The van der Waals surface area contributed by atoms with Gasteiger partial charge in [0.2, 0.25) is 0 Å². The van der Waals surface area contributed by atoms with Crippen molar-refractivity contribution in [2.24, 2.45) is 0 Å². The summed E-state index contributed by atoms with van der Waals surface area (Å²) in [5, 5.41) is 0. The molecule has 1 aromatic carbocycles. The average molecular weight is 177 g/mol. The monoisotopic (exact) mass is 177 g/mol. The third-order valence-electron chi connectivity index (χ3n) is 1.99. The number of hydrogen-bond donors (Lipinski definition) is 0. The minimum absolute atomic E-state index is 0.0206. The normalized spacial score (nSPS) is 12.8. The standard InChI is InChI=1S/C12H17O/c1-3-4-10-13-11(2)12-8-6-5-7-9-12/h5-9,11H,2-4,10H2,1H3. The third-order valence-corrected chi connectivity index (χ3v) is 1.99. The van der Waals surface area contributed by atoms with Crippen LogP contribution in [0.15, 0.2) is 30.3 Å². The molecular weight excluding hydrogens is 160 g/mol. The van der Waals surface area contributed by atoms with Gasteiger partial charge in [-0.3, -0.25) is 0 Å². The molecule has 0 bridgehead atoms. The summed E-state index contributed by atoms with van der Waals surface area (Å²) in [5.74, 6) is 0. The van der Waals surface area contributed by atoms with Gasteiger partial charge in [0.25, 0.3) is 0 Å². The molecule has 71 valence electrons. The SMILES string of the molecule is [CH2]C(OCCCC)c1ccccc1. The molecule has 13 heavy (non-hydrogen) atoms. The maximum atomic E-state index is 5.56. The van der Waals surface area contributed by atoms with Crippen molar-refractivity contribution < 1.29 is 4.74 Å². The highest BCUT2D eigenvalue weighted by molar-refractivity contribution is 5.18. The lowest BCUT2D eigenvalue weighted by atomic mass is 10.1. The van der Waals surface area contributed by atoms with Crippen molar-refractivity contribution >= 4 is 0 Å². The highest BCUT2D eigenvalue weighted by Crippen LogP contribution is 2.15. The van der Waals surface area contributed by atoms with Crippen LogP contribution >= 0.6 is 0 Å². The molecule has 1 atom stereocenters. The minimum atomic E-state index is -0.0206. The maximum absolute atomic E-state index is 5.56. The third kappa shape index (κ3) is 3.60. The molecule has 0 fully saturated rings. The highest BCUT2D eigenvalue weighted by Gasteiger charge is 2.03. The summed E-state index contributed by atoms with van der Waals surface area (Å²) < 4.78 is 5.56. The van der Waals surface area contributed by atoms with E-state index in [2.05, 4.69) is 13.8 Å². The molecule has 1 aromatic rings. The van der Waals surface area contributed by atoms with Crippen LogP contribution in [-0.4, -0.2) is 6.61 Å².